The van der Waals surface area contributed by atoms with Crippen LogP contribution in [0.1, 0.15) is 72.6 Å². The van der Waals surface area contributed by atoms with Gasteiger partial charge in [0.1, 0.15) is 5.01 Å². The molecule has 0 amide bonds. The maximum Gasteiger partial charge on any atom is 0.307 e. The minimum absolute atomic E-state index is 0.258. The average Bonchev–Trinajstić information content (AvgIpc) is 3.67. The topological polar surface area (TPSA) is 69.2 Å². The Morgan fingerprint density at radius 3 is 2.45 bits per heavy atom. The number of rotatable bonds is 9. The van der Waals surface area contributed by atoms with Crippen molar-refractivity contribution >= 4 is 17.3 Å². The fourth-order valence-corrected chi connectivity index (χ4v) is 7.20. The molecule has 1 saturated heterocycles. The van der Waals surface area contributed by atoms with E-state index in [0.717, 1.165) is 66.6 Å². The number of carbonyl (C=O) groups is 1. The molecule has 1 saturated carbocycles. The molecule has 2 aromatic heterocycles. The van der Waals surface area contributed by atoms with Crippen LogP contribution >= 0.6 is 11.3 Å². The molecular formula is C34H39N3O2S. The fourth-order valence-electron chi connectivity index (χ4n) is 6.36. The Morgan fingerprint density at radius 1 is 0.925 bits per heavy atom. The highest BCUT2D eigenvalue weighted by atomic mass is 32.1. The van der Waals surface area contributed by atoms with Crippen molar-refractivity contribution in [2.45, 2.75) is 70.3 Å². The fraction of sp³-hybridized carbons (Fsp3) is 0.412. The molecule has 2 N–H and O–H groups in total. The zero-order chi connectivity index (χ0) is 27.3. The number of nitrogens with zero attached hydrogens (tertiary/aromatic N) is 2. The minimum atomic E-state index is -0.682. The van der Waals surface area contributed by atoms with Gasteiger partial charge in [-0.3, -0.25) is 9.69 Å². The number of carboxylic acid groups (broad SMARTS) is 1. The molecule has 3 heterocycles. The Morgan fingerprint density at radius 2 is 1.68 bits per heavy atom. The van der Waals surface area contributed by atoms with Crippen LogP contribution in [-0.4, -0.2) is 39.0 Å². The molecule has 4 aromatic rings. The minimum Gasteiger partial charge on any atom is -0.481 e. The van der Waals surface area contributed by atoms with Crippen molar-refractivity contribution in [2.75, 3.05) is 13.1 Å². The SMILES string of the molecule is O=C(O)C1CCCN(Cc2nc(-c3ccc(-c4cc(CCc5ccc(C6CCCCC6)cc5)c[nH]4)cc3)cs2)C1. The third-order valence-corrected chi connectivity index (χ3v) is 9.59. The van der Waals surface area contributed by atoms with E-state index in [1.165, 1.54) is 54.4 Å². The van der Waals surface area contributed by atoms with Gasteiger partial charge in [0.05, 0.1) is 18.2 Å². The van der Waals surface area contributed by atoms with Crippen LogP contribution in [-0.2, 0) is 24.2 Å². The van der Waals surface area contributed by atoms with Crippen molar-refractivity contribution in [3.05, 3.63) is 87.9 Å². The number of aromatic amines is 1. The first-order valence-electron chi connectivity index (χ1n) is 14.9. The van der Waals surface area contributed by atoms with Crippen LogP contribution in [0.4, 0.5) is 0 Å². The summed E-state index contributed by atoms with van der Waals surface area (Å²) in [6, 6.07) is 20.3. The Balaban J connectivity index is 1.03. The molecule has 208 valence electrons. The van der Waals surface area contributed by atoms with Crippen LogP contribution in [0.2, 0.25) is 0 Å². The summed E-state index contributed by atoms with van der Waals surface area (Å²) in [4.78, 5) is 21.9. The highest BCUT2D eigenvalue weighted by molar-refractivity contribution is 7.09. The monoisotopic (exact) mass is 553 g/mol. The summed E-state index contributed by atoms with van der Waals surface area (Å²) in [5.74, 6) is -0.169. The molecule has 0 spiro atoms. The number of nitrogens with one attached hydrogen (secondary N) is 1. The Bertz CT molecular complexity index is 1400. The standard InChI is InChI=1S/C34H39N3O2S/c38-34(39)30-7-4-18-37(21-30)22-33-36-32(23-40-33)29-16-14-28(15-17-29)31-19-25(20-35-31)9-8-24-10-12-27(13-11-24)26-5-2-1-3-6-26/h10-17,19-20,23,26,30,35H,1-9,18,21-22H2,(H,38,39). The summed E-state index contributed by atoms with van der Waals surface area (Å²) in [6.45, 7) is 2.28. The number of hydrogen-bond donors (Lipinski definition) is 2. The van der Waals surface area contributed by atoms with Gasteiger partial charge in [0, 0.05) is 29.4 Å². The van der Waals surface area contributed by atoms with Gasteiger partial charge in [-0.1, -0.05) is 67.8 Å². The van der Waals surface area contributed by atoms with Crippen LogP contribution in [0.5, 0.6) is 0 Å². The summed E-state index contributed by atoms with van der Waals surface area (Å²) in [5.41, 5.74) is 8.69. The van der Waals surface area contributed by atoms with E-state index in [2.05, 4.69) is 76.1 Å². The van der Waals surface area contributed by atoms with E-state index in [1.807, 2.05) is 0 Å². The zero-order valence-electron chi connectivity index (χ0n) is 23.1. The number of aliphatic carboxylic acids is 1. The molecule has 1 atom stereocenters. The molecule has 2 aliphatic rings. The van der Waals surface area contributed by atoms with E-state index in [-0.39, 0.29) is 5.92 Å². The lowest BCUT2D eigenvalue weighted by Crippen LogP contribution is -2.38. The normalized spacial score (nSPS) is 18.6. The van der Waals surface area contributed by atoms with Gasteiger partial charge in [0.15, 0.2) is 0 Å². The quantitative estimate of drug-likeness (QED) is 0.221. The molecule has 6 rings (SSSR count). The van der Waals surface area contributed by atoms with Gasteiger partial charge >= 0.3 is 5.97 Å². The van der Waals surface area contributed by atoms with Crippen LogP contribution in [0.15, 0.2) is 66.2 Å². The second kappa shape index (κ2) is 12.5. The number of likely N-dealkylation sites (tertiary alicyclic amines) is 1. The first-order chi connectivity index (χ1) is 19.6. The number of piperidine rings is 1. The van der Waals surface area contributed by atoms with Gasteiger partial charge in [-0.25, -0.2) is 4.98 Å². The predicted octanol–water partition coefficient (Wildman–Crippen LogP) is 7.93. The molecule has 1 unspecified atom stereocenters. The smallest absolute Gasteiger partial charge is 0.307 e. The van der Waals surface area contributed by atoms with Crippen LogP contribution in [0.3, 0.4) is 0 Å². The highest BCUT2D eigenvalue weighted by Crippen LogP contribution is 2.33. The lowest BCUT2D eigenvalue weighted by Gasteiger charge is -2.29. The number of H-pyrrole nitrogens is 1. The van der Waals surface area contributed by atoms with Crippen LogP contribution in [0, 0.1) is 5.92 Å². The molecule has 1 aliphatic heterocycles. The van der Waals surface area contributed by atoms with Crippen molar-refractivity contribution in [3.8, 4) is 22.5 Å². The van der Waals surface area contributed by atoms with Crippen molar-refractivity contribution in [1.82, 2.24) is 14.9 Å². The van der Waals surface area contributed by atoms with Gasteiger partial charge < -0.3 is 10.1 Å². The number of benzene rings is 2. The number of aromatic nitrogens is 2. The summed E-state index contributed by atoms with van der Waals surface area (Å²) in [6.07, 6.45) is 12.8. The van der Waals surface area contributed by atoms with E-state index in [4.69, 9.17) is 4.98 Å². The van der Waals surface area contributed by atoms with Crippen LogP contribution < -0.4 is 0 Å². The third-order valence-electron chi connectivity index (χ3n) is 8.76. The van der Waals surface area contributed by atoms with Gasteiger partial charge in [-0.05, 0) is 79.3 Å². The summed E-state index contributed by atoms with van der Waals surface area (Å²) < 4.78 is 0. The Labute approximate surface area is 241 Å². The predicted molar refractivity (Wildman–Crippen MR) is 163 cm³/mol. The lowest BCUT2D eigenvalue weighted by molar-refractivity contribution is -0.143. The van der Waals surface area contributed by atoms with E-state index in [1.54, 1.807) is 11.3 Å². The largest absolute Gasteiger partial charge is 0.481 e. The number of aryl methyl sites for hydroxylation is 2. The summed E-state index contributed by atoms with van der Waals surface area (Å²) in [5, 5.41) is 12.5. The van der Waals surface area contributed by atoms with Gasteiger partial charge in [-0.15, -0.1) is 11.3 Å². The molecular weight excluding hydrogens is 514 g/mol. The zero-order valence-corrected chi connectivity index (χ0v) is 24.0. The summed E-state index contributed by atoms with van der Waals surface area (Å²) in [7, 11) is 0. The molecule has 40 heavy (non-hydrogen) atoms. The van der Waals surface area contributed by atoms with Crippen molar-refractivity contribution in [2.24, 2.45) is 5.92 Å². The van der Waals surface area contributed by atoms with E-state index in [9.17, 15) is 9.90 Å². The molecule has 2 fully saturated rings. The van der Waals surface area contributed by atoms with Crippen LogP contribution in [0.25, 0.3) is 22.5 Å². The van der Waals surface area contributed by atoms with E-state index in [0.29, 0.717) is 6.54 Å². The molecule has 1 aliphatic carbocycles. The Hall–Kier alpha value is -3.22. The van der Waals surface area contributed by atoms with Gasteiger partial charge in [-0.2, -0.15) is 0 Å². The second-order valence-corrected chi connectivity index (χ2v) is 12.6. The van der Waals surface area contributed by atoms with Crippen molar-refractivity contribution in [1.29, 1.82) is 0 Å². The van der Waals surface area contributed by atoms with Gasteiger partial charge in [0.2, 0.25) is 0 Å². The summed E-state index contributed by atoms with van der Waals surface area (Å²) >= 11 is 1.66. The van der Waals surface area contributed by atoms with Crippen molar-refractivity contribution < 1.29 is 9.90 Å². The van der Waals surface area contributed by atoms with Crippen molar-refractivity contribution in [3.63, 3.8) is 0 Å². The Kier molecular flexibility index (Phi) is 8.45. The molecule has 0 bridgehead atoms. The first-order valence-corrected chi connectivity index (χ1v) is 15.8. The maximum atomic E-state index is 11.4. The number of thiazole rings is 1. The second-order valence-electron chi connectivity index (χ2n) is 11.6. The molecule has 6 heteroatoms. The number of carboxylic acids is 1. The average molecular weight is 554 g/mol. The molecule has 0 radical (unpaired) electrons. The number of hydrogen-bond acceptors (Lipinski definition) is 4. The van der Waals surface area contributed by atoms with Gasteiger partial charge in [0.25, 0.3) is 0 Å². The third kappa shape index (κ3) is 6.56. The van der Waals surface area contributed by atoms with E-state index < -0.39 is 5.97 Å². The molecule has 5 nitrogen and oxygen atoms in total. The highest BCUT2D eigenvalue weighted by Gasteiger charge is 2.25. The molecule has 2 aromatic carbocycles. The lowest BCUT2D eigenvalue weighted by atomic mass is 9.84. The first kappa shape index (κ1) is 27.0. The maximum absolute atomic E-state index is 11.4. The van der Waals surface area contributed by atoms with E-state index >= 15 is 0 Å².